The number of rotatable bonds is 7. The number of ketones is 1. The van der Waals surface area contributed by atoms with Crippen molar-refractivity contribution in [3.8, 4) is 5.75 Å². The molecule has 1 heterocycles. The maximum absolute atomic E-state index is 12.9. The van der Waals surface area contributed by atoms with Gasteiger partial charge in [-0.25, -0.2) is 4.79 Å². The van der Waals surface area contributed by atoms with Crippen LogP contribution in [0.4, 0.5) is 18.0 Å². The Kier molecular flexibility index (Phi) is 7.17. The highest BCUT2D eigenvalue weighted by Gasteiger charge is 2.41. The number of nitrogens with zero attached hydrogens (tertiary/aromatic N) is 1. The molecule has 0 bridgehead atoms. The Balaban J connectivity index is 1.67. The van der Waals surface area contributed by atoms with Gasteiger partial charge in [0.25, 0.3) is 0 Å². The molecule has 2 aromatic carbocycles. The van der Waals surface area contributed by atoms with Crippen LogP contribution in [0.15, 0.2) is 54.6 Å². The van der Waals surface area contributed by atoms with E-state index in [0.29, 0.717) is 18.4 Å². The highest BCUT2D eigenvalue weighted by Crippen LogP contribution is 2.28. The molecule has 1 aliphatic heterocycles. The van der Waals surface area contributed by atoms with Gasteiger partial charge < -0.3 is 14.6 Å². The van der Waals surface area contributed by atoms with Crippen molar-refractivity contribution >= 4 is 11.9 Å². The molecule has 0 aromatic heterocycles. The molecule has 0 spiro atoms. The summed E-state index contributed by atoms with van der Waals surface area (Å²) < 4.78 is 46.5. The molecule has 0 aliphatic carbocycles. The number of carbonyl (C=O) groups is 2. The first-order valence-corrected chi connectivity index (χ1v) is 9.74. The minimum absolute atomic E-state index is 0.0199. The van der Waals surface area contributed by atoms with E-state index < -0.39 is 30.3 Å². The molecule has 1 saturated heterocycles. The van der Waals surface area contributed by atoms with Gasteiger partial charge in [0.05, 0.1) is 18.7 Å². The van der Waals surface area contributed by atoms with Crippen molar-refractivity contribution < 1.29 is 37.3 Å². The van der Waals surface area contributed by atoms with Gasteiger partial charge in [-0.2, -0.15) is 0 Å². The highest BCUT2D eigenvalue weighted by atomic mass is 19.4. The quantitative estimate of drug-likeness (QED) is 0.712. The lowest BCUT2D eigenvalue weighted by Gasteiger charge is -2.28. The summed E-state index contributed by atoms with van der Waals surface area (Å²) in [5.74, 6) is -0.770. The van der Waals surface area contributed by atoms with Crippen LogP contribution in [0, 0.1) is 0 Å². The Labute approximate surface area is 177 Å². The molecular formula is C22H22F3NO5. The largest absolute Gasteiger partial charge is 0.573 e. The van der Waals surface area contributed by atoms with E-state index in [0.717, 1.165) is 17.7 Å². The number of hydrogen-bond acceptors (Lipinski definition) is 5. The van der Waals surface area contributed by atoms with Gasteiger partial charge in [0.1, 0.15) is 12.4 Å². The van der Waals surface area contributed by atoms with Crippen LogP contribution < -0.4 is 4.74 Å². The molecule has 31 heavy (non-hydrogen) atoms. The Morgan fingerprint density at radius 2 is 1.74 bits per heavy atom. The van der Waals surface area contributed by atoms with Crippen LogP contribution in [0.2, 0.25) is 0 Å². The number of aliphatic hydroxyl groups is 1. The lowest BCUT2D eigenvalue weighted by atomic mass is 10.0. The van der Waals surface area contributed by atoms with Crippen molar-refractivity contribution in [2.75, 3.05) is 6.61 Å². The summed E-state index contributed by atoms with van der Waals surface area (Å²) in [6, 6.07) is 12.8. The Bertz CT molecular complexity index is 904. The molecule has 0 unspecified atom stereocenters. The standard InChI is InChI=1S/C22H22F3NO5/c23-22(24,25)31-18-8-4-7-16(11-18)12-20(28)19-10-9-17(13-27)26(19)21(29)30-14-15-5-2-1-3-6-15/h1-8,11,17,19,27H,9-10,12-14H2/t17-,19+/m1/s1. The van der Waals surface area contributed by atoms with Gasteiger partial charge in [-0.15, -0.1) is 13.2 Å². The minimum Gasteiger partial charge on any atom is -0.445 e. The number of hydrogen-bond donors (Lipinski definition) is 1. The van der Waals surface area contributed by atoms with E-state index in [1.807, 2.05) is 6.07 Å². The van der Waals surface area contributed by atoms with Crippen LogP contribution in [0.25, 0.3) is 0 Å². The van der Waals surface area contributed by atoms with Crippen LogP contribution in [-0.2, 0) is 22.6 Å². The van der Waals surface area contributed by atoms with E-state index in [9.17, 15) is 27.9 Å². The first-order chi connectivity index (χ1) is 14.8. The lowest BCUT2D eigenvalue weighted by molar-refractivity contribution is -0.274. The van der Waals surface area contributed by atoms with E-state index >= 15 is 0 Å². The first kappa shape index (κ1) is 22.6. The van der Waals surface area contributed by atoms with Gasteiger partial charge >= 0.3 is 12.5 Å². The van der Waals surface area contributed by atoms with Crippen LogP contribution in [0.1, 0.15) is 24.0 Å². The first-order valence-electron chi connectivity index (χ1n) is 9.74. The van der Waals surface area contributed by atoms with Gasteiger partial charge in [0, 0.05) is 6.42 Å². The molecule has 1 fully saturated rings. The predicted molar refractivity (Wildman–Crippen MR) is 104 cm³/mol. The van der Waals surface area contributed by atoms with Gasteiger partial charge in [0.15, 0.2) is 5.78 Å². The molecule has 3 rings (SSSR count). The average Bonchev–Trinajstić information content (AvgIpc) is 3.16. The summed E-state index contributed by atoms with van der Waals surface area (Å²) in [4.78, 5) is 26.8. The van der Waals surface area contributed by atoms with E-state index in [-0.39, 0.29) is 25.4 Å². The summed E-state index contributed by atoms with van der Waals surface area (Å²) in [7, 11) is 0. The number of benzene rings is 2. The number of likely N-dealkylation sites (tertiary alicyclic amines) is 1. The number of halogens is 3. The third-order valence-electron chi connectivity index (χ3n) is 5.01. The highest BCUT2D eigenvalue weighted by molar-refractivity contribution is 5.89. The van der Waals surface area contributed by atoms with Crippen LogP contribution in [0.5, 0.6) is 5.75 Å². The minimum atomic E-state index is -4.83. The Hall–Kier alpha value is -3.07. The van der Waals surface area contributed by atoms with E-state index in [1.54, 1.807) is 24.3 Å². The number of ether oxygens (including phenoxy) is 2. The Morgan fingerprint density at radius 1 is 1.03 bits per heavy atom. The maximum atomic E-state index is 12.9. The SMILES string of the molecule is O=C(Cc1cccc(OC(F)(F)F)c1)[C@@H]1CC[C@H](CO)N1C(=O)OCc1ccccc1. The van der Waals surface area contributed by atoms with E-state index in [1.165, 1.54) is 17.0 Å². The van der Waals surface area contributed by atoms with Crippen molar-refractivity contribution in [2.24, 2.45) is 0 Å². The fraction of sp³-hybridized carbons (Fsp3) is 0.364. The van der Waals surface area contributed by atoms with Crippen molar-refractivity contribution in [3.05, 3.63) is 65.7 Å². The molecule has 1 N–H and O–H groups in total. The zero-order chi connectivity index (χ0) is 22.4. The molecule has 1 amide bonds. The summed E-state index contributed by atoms with van der Waals surface area (Å²) in [6.45, 7) is -0.300. The van der Waals surface area contributed by atoms with Crippen LogP contribution >= 0.6 is 0 Å². The number of alkyl halides is 3. The fourth-order valence-corrected chi connectivity index (χ4v) is 3.62. The molecule has 166 valence electrons. The predicted octanol–water partition coefficient (Wildman–Crippen LogP) is 3.86. The smallest absolute Gasteiger partial charge is 0.445 e. The molecular weight excluding hydrogens is 415 g/mol. The molecule has 2 atom stereocenters. The third-order valence-corrected chi connectivity index (χ3v) is 5.01. The van der Waals surface area contributed by atoms with Gasteiger partial charge in [-0.1, -0.05) is 42.5 Å². The normalized spacial score (nSPS) is 18.6. The zero-order valence-corrected chi connectivity index (χ0v) is 16.5. The topological polar surface area (TPSA) is 76.1 Å². The van der Waals surface area contributed by atoms with Crippen LogP contribution in [0.3, 0.4) is 0 Å². The zero-order valence-electron chi connectivity index (χ0n) is 16.5. The summed E-state index contributed by atoms with van der Waals surface area (Å²) >= 11 is 0. The molecule has 0 radical (unpaired) electrons. The van der Waals surface area contributed by atoms with Crippen molar-refractivity contribution in [1.82, 2.24) is 4.90 Å². The van der Waals surface area contributed by atoms with Crippen molar-refractivity contribution in [2.45, 2.75) is 44.3 Å². The molecule has 2 aromatic rings. The second-order valence-corrected chi connectivity index (χ2v) is 7.22. The lowest BCUT2D eigenvalue weighted by Crippen LogP contribution is -2.46. The molecule has 6 nitrogen and oxygen atoms in total. The average molecular weight is 437 g/mol. The summed E-state index contributed by atoms with van der Waals surface area (Å²) in [5.41, 5.74) is 1.11. The Morgan fingerprint density at radius 3 is 2.42 bits per heavy atom. The van der Waals surface area contributed by atoms with Crippen LogP contribution in [-0.4, -0.2) is 46.9 Å². The fourth-order valence-electron chi connectivity index (χ4n) is 3.62. The second kappa shape index (κ2) is 9.82. The number of aliphatic hydroxyl groups excluding tert-OH is 1. The molecule has 0 saturated carbocycles. The summed E-state index contributed by atoms with van der Waals surface area (Å²) in [5, 5.41) is 9.62. The molecule has 9 heteroatoms. The number of carbonyl (C=O) groups excluding carboxylic acids is 2. The van der Waals surface area contributed by atoms with Gasteiger partial charge in [-0.05, 0) is 36.1 Å². The van der Waals surface area contributed by atoms with Gasteiger partial charge in [-0.3, -0.25) is 9.69 Å². The number of amides is 1. The number of Topliss-reactive ketones (excluding diaryl/α,β-unsaturated/α-hetero) is 1. The summed E-state index contributed by atoms with van der Waals surface area (Å²) in [6.07, 6.45) is -4.97. The van der Waals surface area contributed by atoms with Crippen molar-refractivity contribution in [1.29, 1.82) is 0 Å². The van der Waals surface area contributed by atoms with Crippen molar-refractivity contribution in [3.63, 3.8) is 0 Å². The second-order valence-electron chi connectivity index (χ2n) is 7.22. The van der Waals surface area contributed by atoms with E-state index in [2.05, 4.69) is 4.74 Å². The maximum Gasteiger partial charge on any atom is 0.573 e. The molecule has 1 aliphatic rings. The van der Waals surface area contributed by atoms with E-state index in [4.69, 9.17) is 4.74 Å². The third kappa shape index (κ3) is 6.21. The van der Waals surface area contributed by atoms with Gasteiger partial charge in [0.2, 0.25) is 0 Å². The monoisotopic (exact) mass is 437 g/mol.